The van der Waals surface area contributed by atoms with Crippen LogP contribution >= 0.6 is 22.6 Å². The van der Waals surface area contributed by atoms with Crippen molar-refractivity contribution in [3.05, 3.63) is 27.3 Å². The highest BCUT2D eigenvalue weighted by molar-refractivity contribution is 14.1. The van der Waals surface area contributed by atoms with Gasteiger partial charge in [0.25, 0.3) is 5.91 Å². The van der Waals surface area contributed by atoms with Crippen LogP contribution < -0.4 is 10.6 Å². The Hall–Kier alpha value is -0.820. The molecule has 1 amide bonds. The number of benzene rings is 1. The number of halogens is 1. The smallest absolute Gasteiger partial charge is 0.255 e. The molecule has 1 aliphatic rings. The number of hydrogen-bond acceptors (Lipinski definition) is 3. The van der Waals surface area contributed by atoms with E-state index in [2.05, 4.69) is 33.2 Å². The van der Waals surface area contributed by atoms with Gasteiger partial charge in [-0.3, -0.25) is 4.79 Å². The lowest BCUT2D eigenvalue weighted by atomic mass is 10.1. The van der Waals surface area contributed by atoms with Gasteiger partial charge in [-0.15, -0.1) is 0 Å². The van der Waals surface area contributed by atoms with E-state index in [1.54, 1.807) is 18.2 Å². The second-order valence-electron chi connectivity index (χ2n) is 4.50. The molecule has 3 N–H and O–H groups in total. The molecule has 0 aromatic heterocycles. The van der Waals surface area contributed by atoms with Crippen LogP contribution in [-0.4, -0.2) is 30.1 Å². The topological polar surface area (TPSA) is 61.4 Å². The number of aromatic hydroxyl groups is 1. The van der Waals surface area contributed by atoms with E-state index in [1.807, 2.05) is 0 Å². The van der Waals surface area contributed by atoms with Crippen LogP contribution in [0.1, 0.15) is 29.6 Å². The molecule has 2 rings (SSSR count). The SMILES string of the molecule is O=C(NCCC1CCCN1)c1cc(I)ccc1O. The average Bonchev–Trinajstić information content (AvgIpc) is 2.85. The molecular formula is C13H17IN2O2. The van der Waals surface area contributed by atoms with Crippen LogP contribution in [-0.2, 0) is 0 Å². The van der Waals surface area contributed by atoms with Crippen molar-refractivity contribution in [2.24, 2.45) is 0 Å². The van der Waals surface area contributed by atoms with Crippen molar-refractivity contribution in [3.8, 4) is 5.75 Å². The first-order valence-corrected chi connectivity index (χ1v) is 7.25. The van der Waals surface area contributed by atoms with Crippen LogP contribution in [0, 0.1) is 3.57 Å². The number of amides is 1. The van der Waals surface area contributed by atoms with E-state index >= 15 is 0 Å². The normalized spacial score (nSPS) is 18.8. The zero-order valence-corrected chi connectivity index (χ0v) is 12.2. The van der Waals surface area contributed by atoms with Gasteiger partial charge in [-0.25, -0.2) is 0 Å². The van der Waals surface area contributed by atoms with Crippen molar-refractivity contribution in [3.63, 3.8) is 0 Å². The largest absolute Gasteiger partial charge is 0.507 e. The standard InChI is InChI=1S/C13H17IN2O2/c14-9-3-4-12(17)11(8-9)13(18)16-7-5-10-2-1-6-15-10/h3-4,8,10,15,17H,1-2,5-7H2,(H,16,18). The van der Waals surface area contributed by atoms with E-state index in [0.717, 1.165) is 16.5 Å². The highest BCUT2D eigenvalue weighted by atomic mass is 127. The molecule has 1 aromatic rings. The minimum atomic E-state index is -0.205. The summed E-state index contributed by atoms with van der Waals surface area (Å²) in [6, 6.07) is 5.54. The molecule has 98 valence electrons. The first kappa shape index (κ1) is 13.6. The summed E-state index contributed by atoms with van der Waals surface area (Å²) in [5.74, 6) is -0.170. The molecule has 1 fully saturated rings. The van der Waals surface area contributed by atoms with Gasteiger partial charge >= 0.3 is 0 Å². The van der Waals surface area contributed by atoms with Gasteiger partial charge in [-0.1, -0.05) is 0 Å². The van der Waals surface area contributed by atoms with Crippen molar-refractivity contribution in [1.29, 1.82) is 0 Å². The Morgan fingerprint density at radius 2 is 2.39 bits per heavy atom. The molecule has 18 heavy (non-hydrogen) atoms. The fourth-order valence-electron chi connectivity index (χ4n) is 2.15. The summed E-state index contributed by atoms with van der Waals surface area (Å²) < 4.78 is 0.938. The number of carbonyl (C=O) groups excluding carboxylic acids is 1. The average molecular weight is 360 g/mol. The maximum absolute atomic E-state index is 11.9. The minimum Gasteiger partial charge on any atom is -0.507 e. The second-order valence-corrected chi connectivity index (χ2v) is 5.74. The fourth-order valence-corrected chi connectivity index (χ4v) is 2.64. The lowest BCUT2D eigenvalue weighted by Gasteiger charge is -2.11. The maximum atomic E-state index is 11.9. The molecule has 0 saturated carbocycles. The molecule has 1 unspecified atom stereocenters. The predicted molar refractivity (Wildman–Crippen MR) is 78.8 cm³/mol. The maximum Gasteiger partial charge on any atom is 0.255 e. The monoisotopic (exact) mass is 360 g/mol. The first-order valence-electron chi connectivity index (χ1n) is 6.17. The number of rotatable bonds is 4. The summed E-state index contributed by atoms with van der Waals surface area (Å²) in [7, 11) is 0. The van der Waals surface area contributed by atoms with Gasteiger partial charge in [0.1, 0.15) is 5.75 Å². The van der Waals surface area contributed by atoms with E-state index < -0.39 is 0 Å². The summed E-state index contributed by atoms with van der Waals surface area (Å²) >= 11 is 2.12. The third-order valence-electron chi connectivity index (χ3n) is 3.14. The zero-order chi connectivity index (χ0) is 13.0. The first-order chi connectivity index (χ1) is 8.66. The summed E-state index contributed by atoms with van der Waals surface area (Å²) in [6.45, 7) is 1.72. The van der Waals surface area contributed by atoms with Gasteiger partial charge < -0.3 is 15.7 Å². The second kappa shape index (κ2) is 6.38. The number of hydrogen-bond donors (Lipinski definition) is 3. The van der Waals surface area contributed by atoms with Gasteiger partial charge in [-0.05, 0) is 66.6 Å². The Morgan fingerprint density at radius 3 is 3.11 bits per heavy atom. The van der Waals surface area contributed by atoms with Gasteiger partial charge in [-0.2, -0.15) is 0 Å². The molecule has 1 atom stereocenters. The van der Waals surface area contributed by atoms with Crippen LogP contribution in [0.4, 0.5) is 0 Å². The number of phenols is 1. The van der Waals surface area contributed by atoms with Gasteiger partial charge in [0.2, 0.25) is 0 Å². The van der Waals surface area contributed by atoms with E-state index in [4.69, 9.17) is 0 Å². The molecule has 5 heteroatoms. The molecule has 4 nitrogen and oxygen atoms in total. The molecule has 1 heterocycles. The van der Waals surface area contributed by atoms with E-state index in [-0.39, 0.29) is 11.7 Å². The Kier molecular flexibility index (Phi) is 4.82. The summed E-state index contributed by atoms with van der Waals surface area (Å²) in [4.78, 5) is 11.9. The Bertz CT molecular complexity index is 431. The Morgan fingerprint density at radius 1 is 1.56 bits per heavy atom. The van der Waals surface area contributed by atoms with Crippen LogP contribution in [0.15, 0.2) is 18.2 Å². The third kappa shape index (κ3) is 3.58. The van der Waals surface area contributed by atoms with E-state index in [0.29, 0.717) is 18.2 Å². The van der Waals surface area contributed by atoms with Crippen LogP contribution in [0.3, 0.4) is 0 Å². The molecule has 1 saturated heterocycles. The molecule has 1 aliphatic heterocycles. The van der Waals surface area contributed by atoms with Crippen molar-refractivity contribution < 1.29 is 9.90 Å². The predicted octanol–water partition coefficient (Wildman–Crippen LogP) is 1.87. The summed E-state index contributed by atoms with van der Waals surface area (Å²) in [5.41, 5.74) is 0.348. The highest BCUT2D eigenvalue weighted by Gasteiger charge is 2.15. The van der Waals surface area contributed by atoms with Crippen molar-refractivity contribution in [1.82, 2.24) is 10.6 Å². The Balaban J connectivity index is 1.85. The Labute approximate surface area is 120 Å². The summed E-state index contributed by atoms with van der Waals surface area (Å²) in [6.07, 6.45) is 3.34. The highest BCUT2D eigenvalue weighted by Crippen LogP contribution is 2.19. The third-order valence-corrected chi connectivity index (χ3v) is 3.81. The molecule has 0 aliphatic carbocycles. The van der Waals surface area contributed by atoms with Crippen LogP contribution in [0.5, 0.6) is 5.75 Å². The number of nitrogens with one attached hydrogen (secondary N) is 2. The lowest BCUT2D eigenvalue weighted by Crippen LogP contribution is -2.30. The van der Waals surface area contributed by atoms with Gasteiger partial charge in [0, 0.05) is 16.2 Å². The fraction of sp³-hybridized carbons (Fsp3) is 0.462. The van der Waals surface area contributed by atoms with Crippen LogP contribution in [0.2, 0.25) is 0 Å². The van der Waals surface area contributed by atoms with Gasteiger partial charge in [0.15, 0.2) is 0 Å². The number of phenolic OH excluding ortho intramolecular Hbond substituents is 1. The quantitative estimate of drug-likeness (QED) is 0.719. The lowest BCUT2D eigenvalue weighted by molar-refractivity contribution is 0.0949. The molecule has 0 radical (unpaired) electrons. The molecular weight excluding hydrogens is 343 g/mol. The minimum absolute atomic E-state index is 0.0342. The van der Waals surface area contributed by atoms with Crippen LogP contribution in [0.25, 0.3) is 0 Å². The number of carbonyl (C=O) groups is 1. The zero-order valence-electron chi connectivity index (χ0n) is 10.1. The van der Waals surface area contributed by atoms with Gasteiger partial charge in [0.05, 0.1) is 5.56 Å². The van der Waals surface area contributed by atoms with Crippen molar-refractivity contribution in [2.75, 3.05) is 13.1 Å². The molecule has 1 aromatic carbocycles. The summed E-state index contributed by atoms with van der Waals surface area (Å²) in [5, 5.41) is 15.9. The van der Waals surface area contributed by atoms with Crippen molar-refractivity contribution >= 4 is 28.5 Å². The van der Waals surface area contributed by atoms with E-state index in [9.17, 15) is 9.90 Å². The van der Waals surface area contributed by atoms with Crippen molar-refractivity contribution in [2.45, 2.75) is 25.3 Å². The molecule has 0 bridgehead atoms. The molecule has 0 spiro atoms. The van der Waals surface area contributed by atoms with E-state index in [1.165, 1.54) is 12.8 Å².